The van der Waals surface area contributed by atoms with Gasteiger partial charge in [-0.05, 0) is 30.5 Å². The number of pyridine rings is 1. The Balaban J connectivity index is 2.46. The average Bonchev–Trinajstić information content (AvgIpc) is 2.17. The van der Waals surface area contributed by atoms with Gasteiger partial charge in [0.1, 0.15) is 0 Å². The molecule has 1 rings (SSSR count). The smallest absolute Gasteiger partial charge is 0.0960 e. The zero-order valence-corrected chi connectivity index (χ0v) is 9.68. The fourth-order valence-corrected chi connectivity index (χ4v) is 1.86. The normalized spacial score (nSPS) is 10.9. The van der Waals surface area contributed by atoms with Gasteiger partial charge in [-0.3, -0.25) is 0 Å². The molecule has 0 atom stereocenters. The second-order valence-electron chi connectivity index (χ2n) is 3.75. The number of aromatic nitrogens is 1. The molecule has 1 aromatic heterocycles. The van der Waals surface area contributed by atoms with Crippen LogP contribution in [0.25, 0.3) is 0 Å². The van der Waals surface area contributed by atoms with Gasteiger partial charge in [0.2, 0.25) is 0 Å². The van der Waals surface area contributed by atoms with Crippen LogP contribution in [-0.4, -0.2) is 17.3 Å². The van der Waals surface area contributed by atoms with E-state index in [0.29, 0.717) is 12.5 Å². The van der Waals surface area contributed by atoms with Gasteiger partial charge >= 0.3 is 0 Å². The van der Waals surface area contributed by atoms with Gasteiger partial charge in [-0.2, -0.15) is 0 Å². The van der Waals surface area contributed by atoms with E-state index < -0.39 is 0 Å². The molecule has 3 heteroatoms. The molecule has 0 radical (unpaired) electrons. The van der Waals surface area contributed by atoms with Crippen molar-refractivity contribution >= 4 is 11.8 Å². The molecule has 0 saturated carbocycles. The summed E-state index contributed by atoms with van der Waals surface area (Å²) in [6, 6.07) is 4.20. The molecule has 1 heterocycles. The molecule has 2 N–H and O–H groups in total. The number of thioether (sulfide) groups is 1. The minimum absolute atomic E-state index is 0.695. The minimum atomic E-state index is 0.695. The molecule has 78 valence electrons. The molecule has 1 aromatic rings. The van der Waals surface area contributed by atoms with E-state index in [1.165, 1.54) is 5.56 Å². The van der Waals surface area contributed by atoms with Crippen molar-refractivity contribution in [3.63, 3.8) is 0 Å². The maximum Gasteiger partial charge on any atom is 0.0960 e. The summed E-state index contributed by atoms with van der Waals surface area (Å²) in [7, 11) is 0. The van der Waals surface area contributed by atoms with Crippen molar-refractivity contribution in [1.82, 2.24) is 4.98 Å². The van der Waals surface area contributed by atoms with Crippen LogP contribution in [0.3, 0.4) is 0 Å². The maximum absolute atomic E-state index is 5.46. The van der Waals surface area contributed by atoms with Crippen LogP contribution in [-0.2, 0) is 6.42 Å². The van der Waals surface area contributed by atoms with Crippen LogP contribution in [0.15, 0.2) is 23.4 Å². The predicted molar refractivity (Wildman–Crippen MR) is 62.6 cm³/mol. The summed E-state index contributed by atoms with van der Waals surface area (Å²) in [5.74, 6) is 1.84. The fraction of sp³-hybridized carbons (Fsp3) is 0.545. The molecule has 2 nitrogen and oxygen atoms in total. The Morgan fingerprint density at radius 2 is 2.21 bits per heavy atom. The monoisotopic (exact) mass is 210 g/mol. The summed E-state index contributed by atoms with van der Waals surface area (Å²) < 4.78 is 0. The highest BCUT2D eigenvalue weighted by molar-refractivity contribution is 7.99. The van der Waals surface area contributed by atoms with Crippen LogP contribution < -0.4 is 5.73 Å². The standard InChI is InChI=1S/C11H18N2S/c1-9(2)8-14-11-4-3-10(5-6-12)7-13-11/h3-4,7,9H,5-6,8,12H2,1-2H3. The molecule has 0 aliphatic heterocycles. The molecule has 14 heavy (non-hydrogen) atoms. The summed E-state index contributed by atoms with van der Waals surface area (Å²) in [5.41, 5.74) is 6.69. The lowest BCUT2D eigenvalue weighted by molar-refractivity contribution is 0.749. The Bertz CT molecular complexity index is 256. The van der Waals surface area contributed by atoms with E-state index in [2.05, 4.69) is 31.0 Å². The summed E-state index contributed by atoms with van der Waals surface area (Å²) in [4.78, 5) is 4.38. The van der Waals surface area contributed by atoms with Crippen molar-refractivity contribution in [2.45, 2.75) is 25.3 Å². The molecule has 0 unspecified atom stereocenters. The van der Waals surface area contributed by atoms with E-state index in [0.717, 1.165) is 17.2 Å². The highest BCUT2D eigenvalue weighted by atomic mass is 32.2. The molecule has 0 aliphatic carbocycles. The summed E-state index contributed by atoms with van der Waals surface area (Å²) >= 11 is 1.81. The van der Waals surface area contributed by atoms with Crippen molar-refractivity contribution in [2.75, 3.05) is 12.3 Å². The summed E-state index contributed by atoms with van der Waals surface area (Å²) in [6.07, 6.45) is 2.84. The Morgan fingerprint density at radius 1 is 1.43 bits per heavy atom. The molecule has 0 aromatic carbocycles. The van der Waals surface area contributed by atoms with E-state index in [1.54, 1.807) is 0 Å². The Kier molecular flexibility index (Phi) is 4.98. The summed E-state index contributed by atoms with van der Waals surface area (Å²) in [5, 5.41) is 1.11. The molecule has 0 saturated heterocycles. The molecule has 0 fully saturated rings. The predicted octanol–water partition coefficient (Wildman–Crippen LogP) is 2.33. The second-order valence-corrected chi connectivity index (χ2v) is 4.79. The van der Waals surface area contributed by atoms with Gasteiger partial charge in [0.15, 0.2) is 0 Å². The zero-order chi connectivity index (χ0) is 10.4. The molecular formula is C11H18N2S. The Hall–Kier alpha value is -0.540. The first-order chi connectivity index (χ1) is 6.72. The van der Waals surface area contributed by atoms with E-state index >= 15 is 0 Å². The lowest BCUT2D eigenvalue weighted by Gasteiger charge is -2.04. The van der Waals surface area contributed by atoms with Gasteiger partial charge in [-0.15, -0.1) is 11.8 Å². The van der Waals surface area contributed by atoms with Crippen molar-refractivity contribution < 1.29 is 0 Å². The van der Waals surface area contributed by atoms with E-state index in [1.807, 2.05) is 18.0 Å². The Morgan fingerprint density at radius 3 is 2.71 bits per heavy atom. The van der Waals surface area contributed by atoms with Crippen LogP contribution in [0.2, 0.25) is 0 Å². The van der Waals surface area contributed by atoms with Crippen LogP contribution in [0.5, 0.6) is 0 Å². The largest absolute Gasteiger partial charge is 0.330 e. The number of nitrogens with zero attached hydrogens (tertiary/aromatic N) is 1. The average molecular weight is 210 g/mol. The highest BCUT2D eigenvalue weighted by Crippen LogP contribution is 2.18. The highest BCUT2D eigenvalue weighted by Gasteiger charge is 1.98. The molecule has 0 amide bonds. The topological polar surface area (TPSA) is 38.9 Å². The van der Waals surface area contributed by atoms with Crippen molar-refractivity contribution in [3.8, 4) is 0 Å². The number of hydrogen-bond acceptors (Lipinski definition) is 3. The lowest BCUT2D eigenvalue weighted by atomic mass is 10.2. The van der Waals surface area contributed by atoms with E-state index in [-0.39, 0.29) is 0 Å². The van der Waals surface area contributed by atoms with E-state index in [4.69, 9.17) is 5.73 Å². The molecular weight excluding hydrogens is 192 g/mol. The first kappa shape index (κ1) is 11.5. The van der Waals surface area contributed by atoms with Gasteiger partial charge in [-0.25, -0.2) is 4.98 Å². The third kappa shape index (κ3) is 4.11. The molecule has 0 aliphatic rings. The van der Waals surface area contributed by atoms with Crippen LogP contribution in [0.1, 0.15) is 19.4 Å². The third-order valence-corrected chi connectivity index (χ3v) is 3.17. The van der Waals surface area contributed by atoms with Crippen LogP contribution >= 0.6 is 11.8 Å². The fourth-order valence-electron chi connectivity index (χ4n) is 1.06. The van der Waals surface area contributed by atoms with E-state index in [9.17, 15) is 0 Å². The quantitative estimate of drug-likeness (QED) is 0.758. The van der Waals surface area contributed by atoms with Crippen molar-refractivity contribution in [1.29, 1.82) is 0 Å². The number of nitrogens with two attached hydrogens (primary N) is 1. The zero-order valence-electron chi connectivity index (χ0n) is 8.86. The van der Waals surface area contributed by atoms with Crippen molar-refractivity contribution in [3.05, 3.63) is 23.9 Å². The van der Waals surface area contributed by atoms with Gasteiger partial charge in [0, 0.05) is 11.9 Å². The first-order valence-electron chi connectivity index (χ1n) is 5.00. The minimum Gasteiger partial charge on any atom is -0.330 e. The molecule has 0 bridgehead atoms. The first-order valence-corrected chi connectivity index (χ1v) is 5.98. The van der Waals surface area contributed by atoms with Gasteiger partial charge in [0.05, 0.1) is 5.03 Å². The molecule has 0 spiro atoms. The number of hydrogen-bond donors (Lipinski definition) is 1. The SMILES string of the molecule is CC(C)CSc1ccc(CCN)cn1. The van der Waals surface area contributed by atoms with Gasteiger partial charge in [0.25, 0.3) is 0 Å². The van der Waals surface area contributed by atoms with Crippen LogP contribution in [0.4, 0.5) is 0 Å². The van der Waals surface area contributed by atoms with Gasteiger partial charge in [-0.1, -0.05) is 19.9 Å². The lowest BCUT2D eigenvalue weighted by Crippen LogP contribution is -2.02. The second kappa shape index (κ2) is 6.04. The van der Waals surface area contributed by atoms with Gasteiger partial charge < -0.3 is 5.73 Å². The Labute approximate surface area is 90.3 Å². The maximum atomic E-state index is 5.46. The van der Waals surface area contributed by atoms with Crippen molar-refractivity contribution in [2.24, 2.45) is 11.7 Å². The number of rotatable bonds is 5. The summed E-state index contributed by atoms with van der Waals surface area (Å²) in [6.45, 7) is 5.13. The van der Waals surface area contributed by atoms with Crippen LogP contribution in [0, 0.1) is 5.92 Å². The third-order valence-electron chi connectivity index (χ3n) is 1.80.